The molecule has 5 N–H and O–H groups in total. The molecule has 1 heterocycles. The molecule has 1 fully saturated rings. The first-order valence-corrected chi connectivity index (χ1v) is 12.8. The Hall–Kier alpha value is -3.24. The molecule has 1 aliphatic carbocycles. The number of nitrogens with two attached hydrogens (primary N) is 1. The molecular formula is C27H40N6O4. The van der Waals surface area contributed by atoms with Gasteiger partial charge in [0.2, 0.25) is 5.91 Å². The maximum Gasteiger partial charge on any atom is 0.410 e. The van der Waals surface area contributed by atoms with E-state index < -0.39 is 24.0 Å². The molecule has 1 saturated carbocycles. The fraction of sp³-hybridized carbons (Fsp3) is 0.556. The van der Waals surface area contributed by atoms with Crippen LogP contribution in [0.15, 0.2) is 24.3 Å². The van der Waals surface area contributed by atoms with E-state index in [1.807, 2.05) is 31.2 Å². The third kappa shape index (κ3) is 7.87. The third-order valence-electron chi connectivity index (χ3n) is 6.15. The Morgan fingerprint density at radius 1 is 1.27 bits per heavy atom. The van der Waals surface area contributed by atoms with Gasteiger partial charge in [-0.3, -0.25) is 9.69 Å². The molecule has 2 atom stereocenters. The number of rotatable bonds is 10. The van der Waals surface area contributed by atoms with E-state index >= 15 is 0 Å². The van der Waals surface area contributed by atoms with Gasteiger partial charge >= 0.3 is 6.09 Å². The number of nitrogens with one attached hydrogen (secondary N) is 2. The lowest BCUT2D eigenvalue weighted by molar-refractivity contribution is -0.125. The second kappa shape index (κ2) is 11.9. The van der Waals surface area contributed by atoms with Crippen molar-refractivity contribution >= 4 is 23.5 Å². The summed E-state index contributed by atoms with van der Waals surface area (Å²) >= 11 is 0. The van der Waals surface area contributed by atoms with Crippen molar-refractivity contribution in [2.45, 2.75) is 84.1 Å². The van der Waals surface area contributed by atoms with Crippen LogP contribution in [-0.2, 0) is 22.4 Å². The molecule has 1 aromatic heterocycles. The number of carbonyl (C=O) groups excluding carboxylic acids is 2. The monoisotopic (exact) mass is 512 g/mol. The summed E-state index contributed by atoms with van der Waals surface area (Å²) < 4.78 is 5.33. The average Bonchev–Trinajstić information content (AvgIpc) is 3.67. The molecule has 0 bridgehead atoms. The molecule has 3 rings (SSSR count). The first-order chi connectivity index (χ1) is 17.4. The van der Waals surface area contributed by atoms with Crippen molar-refractivity contribution in [3.63, 3.8) is 0 Å². The lowest BCUT2D eigenvalue weighted by Crippen LogP contribution is -2.47. The number of carbonyl (C=O) groups is 2. The Morgan fingerprint density at radius 3 is 2.57 bits per heavy atom. The van der Waals surface area contributed by atoms with Gasteiger partial charge in [0.05, 0.1) is 11.4 Å². The summed E-state index contributed by atoms with van der Waals surface area (Å²) in [5, 5.41) is 16.3. The molecule has 1 unspecified atom stereocenters. The van der Waals surface area contributed by atoms with Crippen LogP contribution in [-0.4, -0.2) is 57.2 Å². The van der Waals surface area contributed by atoms with Gasteiger partial charge in [0, 0.05) is 25.2 Å². The van der Waals surface area contributed by atoms with Crippen molar-refractivity contribution in [3.05, 3.63) is 46.9 Å². The zero-order chi connectivity index (χ0) is 27.3. The summed E-state index contributed by atoms with van der Waals surface area (Å²) in [5.74, 6) is 0.611. The molecule has 2 amide bonds. The van der Waals surface area contributed by atoms with Crippen LogP contribution in [0.1, 0.15) is 82.3 Å². The van der Waals surface area contributed by atoms with Crippen LogP contribution in [0.25, 0.3) is 0 Å². The Kier molecular flexibility index (Phi) is 9.09. The Labute approximate surface area is 219 Å². The SMILES string of the molecule is CCc1nc(C(N)O)c(Nc2cccc(CCNC(=O)[C@H](C)N(C)C(=O)OC(C)(C)C)c2)nc1C1CC1. The number of hydrogen-bond acceptors (Lipinski definition) is 8. The maximum atomic E-state index is 12.6. The lowest BCUT2D eigenvalue weighted by Gasteiger charge is -2.28. The molecule has 37 heavy (non-hydrogen) atoms. The van der Waals surface area contributed by atoms with Gasteiger partial charge in [0.25, 0.3) is 0 Å². The first-order valence-electron chi connectivity index (χ1n) is 12.8. The lowest BCUT2D eigenvalue weighted by atomic mass is 10.1. The molecule has 1 aromatic carbocycles. The van der Waals surface area contributed by atoms with E-state index in [1.54, 1.807) is 34.7 Å². The molecular weight excluding hydrogens is 472 g/mol. The third-order valence-corrected chi connectivity index (χ3v) is 6.15. The molecule has 0 saturated heterocycles. The number of nitrogens with zero attached hydrogens (tertiary/aromatic N) is 3. The number of anilines is 2. The number of aliphatic hydroxyl groups excluding tert-OH is 1. The predicted molar refractivity (Wildman–Crippen MR) is 142 cm³/mol. The van der Waals surface area contributed by atoms with Gasteiger partial charge in [-0.1, -0.05) is 19.1 Å². The number of amides is 2. The van der Waals surface area contributed by atoms with Gasteiger partial charge < -0.3 is 26.2 Å². The highest BCUT2D eigenvalue weighted by Crippen LogP contribution is 2.41. The van der Waals surface area contributed by atoms with Gasteiger partial charge in [-0.05, 0) is 71.1 Å². The van der Waals surface area contributed by atoms with Gasteiger partial charge in [-0.25, -0.2) is 14.8 Å². The second-order valence-electron chi connectivity index (χ2n) is 10.5. The van der Waals surface area contributed by atoms with Crippen molar-refractivity contribution in [2.24, 2.45) is 5.73 Å². The quantitative estimate of drug-likeness (QED) is 0.354. The topological polar surface area (TPSA) is 143 Å². The van der Waals surface area contributed by atoms with E-state index in [0.717, 1.165) is 41.9 Å². The molecule has 202 valence electrons. The minimum absolute atomic E-state index is 0.261. The van der Waals surface area contributed by atoms with Crippen LogP contribution in [0.3, 0.4) is 0 Å². The van der Waals surface area contributed by atoms with Gasteiger partial charge in [-0.2, -0.15) is 0 Å². The fourth-order valence-corrected chi connectivity index (χ4v) is 3.83. The van der Waals surface area contributed by atoms with Gasteiger partial charge in [0.15, 0.2) is 5.82 Å². The van der Waals surface area contributed by atoms with Crippen LogP contribution >= 0.6 is 0 Å². The second-order valence-corrected chi connectivity index (χ2v) is 10.5. The molecule has 1 aliphatic rings. The van der Waals surface area contributed by atoms with E-state index in [9.17, 15) is 14.7 Å². The Balaban J connectivity index is 1.62. The van der Waals surface area contributed by atoms with Crippen LogP contribution < -0.4 is 16.4 Å². The Morgan fingerprint density at radius 2 is 1.97 bits per heavy atom. The molecule has 10 heteroatoms. The van der Waals surface area contributed by atoms with Crippen LogP contribution in [0.5, 0.6) is 0 Å². The fourth-order valence-electron chi connectivity index (χ4n) is 3.83. The van der Waals surface area contributed by atoms with Crippen molar-refractivity contribution in [3.8, 4) is 0 Å². The highest BCUT2D eigenvalue weighted by Gasteiger charge is 2.30. The summed E-state index contributed by atoms with van der Waals surface area (Å²) in [5.41, 5.74) is 9.11. The predicted octanol–water partition coefficient (Wildman–Crippen LogP) is 3.52. The molecule has 0 spiro atoms. The number of likely N-dealkylation sites (N-methyl/N-ethyl adjacent to an activating group) is 1. The van der Waals surface area contributed by atoms with Crippen molar-refractivity contribution in [1.29, 1.82) is 0 Å². The van der Waals surface area contributed by atoms with Crippen molar-refractivity contribution < 1.29 is 19.4 Å². The zero-order valence-electron chi connectivity index (χ0n) is 22.7. The summed E-state index contributed by atoms with van der Waals surface area (Å²) in [6.07, 6.45) is 1.72. The number of aliphatic hydroxyl groups is 1. The van der Waals surface area contributed by atoms with E-state index in [1.165, 1.54) is 4.90 Å². The molecule has 0 radical (unpaired) electrons. The Bertz CT molecular complexity index is 1110. The summed E-state index contributed by atoms with van der Waals surface area (Å²) in [6.45, 7) is 9.43. The molecule has 2 aromatic rings. The summed E-state index contributed by atoms with van der Waals surface area (Å²) in [6, 6.07) is 7.06. The van der Waals surface area contributed by atoms with Gasteiger partial charge in [0.1, 0.15) is 23.6 Å². The number of aryl methyl sites for hydroxylation is 1. The van der Waals surface area contributed by atoms with Crippen LogP contribution in [0.4, 0.5) is 16.3 Å². The number of ether oxygens (including phenoxy) is 1. The summed E-state index contributed by atoms with van der Waals surface area (Å²) in [7, 11) is 1.55. The van der Waals surface area contributed by atoms with Crippen molar-refractivity contribution in [2.75, 3.05) is 18.9 Å². The zero-order valence-corrected chi connectivity index (χ0v) is 22.7. The van der Waals surface area contributed by atoms with Crippen LogP contribution in [0, 0.1) is 0 Å². The summed E-state index contributed by atoms with van der Waals surface area (Å²) in [4.78, 5) is 35.5. The van der Waals surface area contributed by atoms with E-state index in [0.29, 0.717) is 30.4 Å². The number of aromatic nitrogens is 2. The minimum atomic E-state index is -1.24. The van der Waals surface area contributed by atoms with E-state index in [2.05, 4.69) is 15.6 Å². The van der Waals surface area contributed by atoms with Crippen LogP contribution in [0.2, 0.25) is 0 Å². The number of hydrogen-bond donors (Lipinski definition) is 4. The number of benzene rings is 1. The smallest absolute Gasteiger partial charge is 0.410 e. The maximum absolute atomic E-state index is 12.6. The van der Waals surface area contributed by atoms with E-state index in [4.69, 9.17) is 15.5 Å². The molecule has 10 nitrogen and oxygen atoms in total. The highest BCUT2D eigenvalue weighted by atomic mass is 16.6. The average molecular weight is 513 g/mol. The van der Waals surface area contributed by atoms with E-state index in [-0.39, 0.29) is 5.91 Å². The highest BCUT2D eigenvalue weighted by molar-refractivity contribution is 5.85. The van der Waals surface area contributed by atoms with Gasteiger partial charge in [-0.15, -0.1) is 0 Å². The standard InChI is InChI=1S/C27H40N6O4/c1-7-20-21(18-11-12-18)32-24(22(31-20)23(28)34)30-19-10-8-9-17(15-19)13-14-29-25(35)16(2)33(6)26(36)37-27(3,4)5/h8-10,15-16,18,23,34H,7,11-14,28H2,1-6H3,(H,29,35)(H,30,32)/t16-,23?/m0/s1. The normalized spacial score (nSPS) is 15.0. The minimum Gasteiger partial charge on any atom is -0.444 e. The first kappa shape index (κ1) is 28.3. The molecule has 0 aliphatic heterocycles. The largest absolute Gasteiger partial charge is 0.444 e. The van der Waals surface area contributed by atoms with Crippen molar-refractivity contribution in [1.82, 2.24) is 20.2 Å².